The third kappa shape index (κ3) is 3.06. The van der Waals surface area contributed by atoms with Gasteiger partial charge in [-0.25, -0.2) is 0 Å². The van der Waals surface area contributed by atoms with Gasteiger partial charge >= 0.3 is 0 Å². The van der Waals surface area contributed by atoms with Crippen LogP contribution in [0.4, 0.5) is 0 Å². The van der Waals surface area contributed by atoms with Crippen LogP contribution in [0.2, 0.25) is 0 Å². The van der Waals surface area contributed by atoms with Gasteiger partial charge in [0.15, 0.2) is 0 Å². The van der Waals surface area contributed by atoms with Crippen LogP contribution in [-0.2, 0) is 16.0 Å². The molecule has 0 aliphatic carbocycles. The number of aryl methyl sites for hydroxylation is 1. The van der Waals surface area contributed by atoms with Crippen LogP contribution in [0, 0.1) is 5.41 Å². The molecule has 1 aliphatic rings. The summed E-state index contributed by atoms with van der Waals surface area (Å²) >= 11 is 0. The summed E-state index contributed by atoms with van der Waals surface area (Å²) < 4.78 is 11.5. The van der Waals surface area contributed by atoms with E-state index in [1.54, 1.807) is 0 Å². The van der Waals surface area contributed by atoms with Gasteiger partial charge in [0, 0.05) is 30.7 Å². The third-order valence-corrected chi connectivity index (χ3v) is 5.20. The van der Waals surface area contributed by atoms with E-state index in [0.717, 1.165) is 17.8 Å². The lowest BCUT2D eigenvalue weighted by molar-refractivity contribution is -0.133. The molecule has 3 N–H and O–H groups in total. The van der Waals surface area contributed by atoms with Crippen molar-refractivity contribution < 1.29 is 13.9 Å². The smallest absolute Gasteiger partial charge is 0.225 e. The van der Waals surface area contributed by atoms with Gasteiger partial charge in [-0.15, -0.1) is 0 Å². The first-order valence-corrected chi connectivity index (χ1v) is 8.69. The van der Waals surface area contributed by atoms with E-state index in [-0.39, 0.29) is 11.9 Å². The van der Waals surface area contributed by atoms with Crippen LogP contribution < -0.4 is 11.1 Å². The summed E-state index contributed by atoms with van der Waals surface area (Å²) in [7, 11) is 0. The molecule has 5 heteroatoms. The Hall–Kier alpha value is -1.85. The molecule has 0 radical (unpaired) electrons. The standard InChI is InChI=1S/C19H26N2O3/c1-3-14-15-6-4-5-7-16(15)24-17(14)13(2)21-12-19(18(20)22)8-10-23-11-9-19/h4-7,13,21H,3,8-12H2,1-2H3,(H2,20,22)/t13-/m0/s1. The van der Waals surface area contributed by atoms with Crippen LogP contribution in [0.1, 0.15) is 44.1 Å². The minimum atomic E-state index is -0.523. The molecule has 0 bridgehead atoms. The van der Waals surface area contributed by atoms with Crippen LogP contribution in [-0.4, -0.2) is 25.7 Å². The second-order valence-corrected chi connectivity index (χ2v) is 6.65. The number of hydrogen-bond acceptors (Lipinski definition) is 4. The van der Waals surface area contributed by atoms with Crippen molar-refractivity contribution in [1.29, 1.82) is 0 Å². The first-order valence-electron chi connectivity index (χ1n) is 8.69. The lowest BCUT2D eigenvalue weighted by atomic mass is 9.79. The Balaban J connectivity index is 1.79. The normalized spacial score (nSPS) is 18.6. The van der Waals surface area contributed by atoms with Gasteiger partial charge < -0.3 is 20.2 Å². The molecule has 0 saturated carbocycles. The molecular weight excluding hydrogens is 304 g/mol. The van der Waals surface area contributed by atoms with Gasteiger partial charge in [-0.2, -0.15) is 0 Å². The molecular formula is C19H26N2O3. The van der Waals surface area contributed by atoms with Crippen molar-refractivity contribution in [3.05, 3.63) is 35.6 Å². The van der Waals surface area contributed by atoms with Gasteiger partial charge in [-0.3, -0.25) is 4.79 Å². The molecule has 0 unspecified atom stereocenters. The van der Waals surface area contributed by atoms with E-state index in [0.29, 0.717) is 32.6 Å². The highest BCUT2D eigenvalue weighted by Crippen LogP contribution is 2.33. The zero-order valence-corrected chi connectivity index (χ0v) is 14.4. The maximum Gasteiger partial charge on any atom is 0.225 e. The zero-order valence-electron chi connectivity index (χ0n) is 14.4. The molecule has 24 heavy (non-hydrogen) atoms. The summed E-state index contributed by atoms with van der Waals surface area (Å²) in [6.45, 7) is 5.93. The van der Waals surface area contributed by atoms with Gasteiger partial charge in [-0.1, -0.05) is 25.1 Å². The van der Waals surface area contributed by atoms with Crippen LogP contribution in [0.3, 0.4) is 0 Å². The number of amides is 1. The fourth-order valence-corrected chi connectivity index (χ4v) is 3.55. The monoisotopic (exact) mass is 330 g/mol. The Morgan fingerprint density at radius 1 is 1.33 bits per heavy atom. The summed E-state index contributed by atoms with van der Waals surface area (Å²) in [4.78, 5) is 12.0. The predicted octanol–water partition coefficient (Wildman–Crippen LogP) is 2.93. The minimum Gasteiger partial charge on any atom is -0.459 e. The molecule has 3 rings (SSSR count). The Morgan fingerprint density at radius 2 is 2.04 bits per heavy atom. The number of rotatable bonds is 6. The Labute approximate surface area is 142 Å². The van der Waals surface area contributed by atoms with Crippen molar-refractivity contribution in [2.45, 2.75) is 39.2 Å². The van der Waals surface area contributed by atoms with Crippen LogP contribution in [0.25, 0.3) is 11.0 Å². The van der Waals surface area contributed by atoms with Crippen molar-refractivity contribution in [3.63, 3.8) is 0 Å². The molecule has 1 saturated heterocycles. The zero-order chi connectivity index (χ0) is 17.2. The van der Waals surface area contributed by atoms with E-state index >= 15 is 0 Å². The second kappa shape index (κ2) is 6.95. The van der Waals surface area contributed by atoms with E-state index < -0.39 is 5.41 Å². The summed E-state index contributed by atoms with van der Waals surface area (Å²) in [5.41, 5.74) is 7.30. The number of primary amides is 1. The largest absolute Gasteiger partial charge is 0.459 e. The second-order valence-electron chi connectivity index (χ2n) is 6.65. The molecule has 1 aromatic carbocycles. The molecule has 1 fully saturated rings. The van der Waals surface area contributed by atoms with Gasteiger partial charge in [0.2, 0.25) is 5.91 Å². The Bertz CT molecular complexity index is 716. The van der Waals surface area contributed by atoms with Gasteiger partial charge in [0.05, 0.1) is 11.5 Å². The number of nitrogens with one attached hydrogen (secondary N) is 1. The van der Waals surface area contributed by atoms with Crippen molar-refractivity contribution in [2.24, 2.45) is 11.1 Å². The molecule has 1 aliphatic heterocycles. The number of ether oxygens (including phenoxy) is 1. The highest BCUT2D eigenvalue weighted by Gasteiger charge is 2.38. The molecule has 1 aromatic heterocycles. The average molecular weight is 330 g/mol. The van der Waals surface area contributed by atoms with Crippen LogP contribution >= 0.6 is 0 Å². The summed E-state index contributed by atoms with van der Waals surface area (Å²) in [5, 5.41) is 4.64. The lowest BCUT2D eigenvalue weighted by Crippen LogP contribution is -2.48. The number of hydrogen-bond donors (Lipinski definition) is 2. The van der Waals surface area contributed by atoms with Crippen molar-refractivity contribution in [1.82, 2.24) is 5.32 Å². The lowest BCUT2D eigenvalue weighted by Gasteiger charge is -2.35. The SMILES string of the molecule is CCc1c([C@H](C)NCC2(C(N)=O)CCOCC2)oc2ccccc12. The number of carbonyl (C=O) groups is 1. The van der Waals surface area contributed by atoms with Gasteiger partial charge in [0.1, 0.15) is 11.3 Å². The maximum atomic E-state index is 12.0. The van der Waals surface area contributed by atoms with E-state index in [4.69, 9.17) is 14.9 Å². The summed E-state index contributed by atoms with van der Waals surface area (Å²) in [6, 6.07) is 8.12. The molecule has 5 nitrogen and oxygen atoms in total. The summed E-state index contributed by atoms with van der Waals surface area (Å²) in [5.74, 6) is 0.705. The van der Waals surface area contributed by atoms with E-state index in [2.05, 4.69) is 25.2 Å². The van der Waals surface area contributed by atoms with Crippen molar-refractivity contribution >= 4 is 16.9 Å². The molecule has 2 heterocycles. The van der Waals surface area contributed by atoms with Crippen molar-refractivity contribution in [3.8, 4) is 0 Å². The van der Waals surface area contributed by atoms with E-state index in [9.17, 15) is 4.79 Å². The quantitative estimate of drug-likeness (QED) is 0.854. The number of benzene rings is 1. The Morgan fingerprint density at radius 3 is 2.71 bits per heavy atom. The molecule has 1 amide bonds. The topological polar surface area (TPSA) is 77.5 Å². The fourth-order valence-electron chi connectivity index (χ4n) is 3.55. The first-order chi connectivity index (χ1) is 11.6. The third-order valence-electron chi connectivity index (χ3n) is 5.20. The maximum absolute atomic E-state index is 12.0. The first kappa shape index (κ1) is 17.0. The number of furan rings is 1. The average Bonchev–Trinajstić information content (AvgIpc) is 2.99. The minimum absolute atomic E-state index is 0.0198. The predicted molar refractivity (Wildman–Crippen MR) is 93.7 cm³/mol. The van der Waals surface area contributed by atoms with Gasteiger partial charge in [0.25, 0.3) is 0 Å². The van der Waals surface area contributed by atoms with E-state index in [1.807, 2.05) is 18.2 Å². The summed E-state index contributed by atoms with van der Waals surface area (Å²) in [6.07, 6.45) is 2.25. The van der Waals surface area contributed by atoms with E-state index in [1.165, 1.54) is 10.9 Å². The molecule has 1 atom stereocenters. The highest BCUT2D eigenvalue weighted by atomic mass is 16.5. The van der Waals surface area contributed by atoms with Crippen LogP contribution in [0.5, 0.6) is 0 Å². The van der Waals surface area contributed by atoms with Gasteiger partial charge in [-0.05, 0) is 32.3 Å². The molecule has 2 aromatic rings. The number of nitrogens with two attached hydrogens (primary N) is 1. The molecule has 130 valence electrons. The number of fused-ring (bicyclic) bond motifs is 1. The fraction of sp³-hybridized carbons (Fsp3) is 0.526. The molecule has 0 spiro atoms. The van der Waals surface area contributed by atoms with Crippen molar-refractivity contribution in [2.75, 3.05) is 19.8 Å². The highest BCUT2D eigenvalue weighted by molar-refractivity contribution is 5.82. The Kier molecular flexibility index (Phi) is 4.92. The number of carbonyl (C=O) groups excluding carboxylic acids is 1. The number of para-hydroxylation sites is 1. The van der Waals surface area contributed by atoms with Crippen LogP contribution in [0.15, 0.2) is 28.7 Å².